The highest BCUT2D eigenvalue weighted by atomic mass is 32.1. The number of ketones is 1. The van der Waals surface area contributed by atoms with Crippen LogP contribution in [0.3, 0.4) is 0 Å². The molecule has 138 valence electrons. The second-order valence-corrected chi connectivity index (χ2v) is 7.73. The predicted octanol–water partition coefficient (Wildman–Crippen LogP) is 2.74. The van der Waals surface area contributed by atoms with Crippen molar-refractivity contribution in [2.75, 3.05) is 27.2 Å². The van der Waals surface area contributed by atoms with Gasteiger partial charge in [-0.1, -0.05) is 0 Å². The van der Waals surface area contributed by atoms with Crippen LogP contribution in [0.5, 0.6) is 5.75 Å². The summed E-state index contributed by atoms with van der Waals surface area (Å²) < 4.78 is 20.1. The first-order valence-electron chi connectivity index (χ1n) is 8.35. The van der Waals surface area contributed by atoms with E-state index < -0.39 is 0 Å². The molecular formula is C19H21FN2O3S. The molecule has 7 heteroatoms. The Balaban J connectivity index is 1.77. The highest BCUT2D eigenvalue weighted by Crippen LogP contribution is 2.42. The van der Waals surface area contributed by atoms with Gasteiger partial charge in [0, 0.05) is 22.4 Å². The van der Waals surface area contributed by atoms with Crippen LogP contribution in [-0.4, -0.2) is 49.9 Å². The minimum Gasteiger partial charge on any atom is -0.487 e. The van der Waals surface area contributed by atoms with Crippen LogP contribution < -0.4 is 10.1 Å². The quantitative estimate of drug-likeness (QED) is 0.788. The first-order chi connectivity index (χ1) is 12.3. The maximum atomic E-state index is 14.1. The number of nitrogens with zero attached hydrogens (tertiary/aromatic N) is 1. The van der Waals surface area contributed by atoms with Gasteiger partial charge in [-0.3, -0.25) is 9.59 Å². The minimum atomic E-state index is -0.336. The van der Waals surface area contributed by atoms with E-state index >= 15 is 0 Å². The number of amides is 1. The summed E-state index contributed by atoms with van der Waals surface area (Å²) >= 11 is 1.32. The van der Waals surface area contributed by atoms with Crippen LogP contribution in [0.25, 0.3) is 10.4 Å². The molecule has 0 bridgehead atoms. The minimum absolute atomic E-state index is 0.0169. The predicted molar refractivity (Wildman–Crippen MR) is 99.4 cm³/mol. The number of hydrogen-bond donors (Lipinski definition) is 1. The van der Waals surface area contributed by atoms with Crippen LogP contribution >= 0.6 is 11.3 Å². The van der Waals surface area contributed by atoms with Gasteiger partial charge in [-0.2, -0.15) is 0 Å². The van der Waals surface area contributed by atoms with E-state index in [9.17, 15) is 14.0 Å². The molecule has 1 aromatic carbocycles. The summed E-state index contributed by atoms with van der Waals surface area (Å²) in [6, 6.07) is 6.46. The number of halogens is 1. The summed E-state index contributed by atoms with van der Waals surface area (Å²) in [5.41, 5.74) is 1.43. The van der Waals surface area contributed by atoms with E-state index in [4.69, 9.17) is 4.74 Å². The number of likely N-dealkylation sites (N-methyl/N-ethyl adjacent to an activating group) is 1. The molecule has 2 heterocycles. The fraction of sp³-hybridized carbons (Fsp3) is 0.368. The summed E-state index contributed by atoms with van der Waals surface area (Å²) in [7, 11) is 3.65. The Bertz CT molecular complexity index is 847. The molecular weight excluding hydrogens is 355 g/mol. The molecule has 1 aliphatic heterocycles. The third-order valence-corrected chi connectivity index (χ3v) is 5.29. The van der Waals surface area contributed by atoms with Gasteiger partial charge in [-0.25, -0.2) is 4.39 Å². The third kappa shape index (κ3) is 4.11. The first kappa shape index (κ1) is 18.5. The van der Waals surface area contributed by atoms with Crippen LogP contribution in [0, 0.1) is 5.82 Å². The van der Waals surface area contributed by atoms with Crippen molar-refractivity contribution >= 4 is 23.0 Å². The van der Waals surface area contributed by atoms with Gasteiger partial charge in [0.25, 0.3) is 0 Å². The molecule has 0 saturated carbocycles. The van der Waals surface area contributed by atoms with E-state index in [0.717, 1.165) is 10.4 Å². The lowest BCUT2D eigenvalue weighted by Gasteiger charge is -2.14. The van der Waals surface area contributed by atoms with Crippen LogP contribution in [-0.2, 0) is 11.2 Å². The first-order valence-corrected chi connectivity index (χ1v) is 9.16. The summed E-state index contributed by atoms with van der Waals surface area (Å²) in [5.74, 6) is 0.203. The highest BCUT2D eigenvalue weighted by Gasteiger charge is 2.28. The number of benzene rings is 1. The Morgan fingerprint density at radius 1 is 1.35 bits per heavy atom. The van der Waals surface area contributed by atoms with E-state index in [2.05, 4.69) is 5.32 Å². The van der Waals surface area contributed by atoms with E-state index in [1.54, 1.807) is 11.0 Å². The van der Waals surface area contributed by atoms with E-state index in [1.165, 1.54) is 30.4 Å². The largest absolute Gasteiger partial charge is 0.487 e. The van der Waals surface area contributed by atoms with Crippen LogP contribution in [0.2, 0.25) is 0 Å². The Morgan fingerprint density at radius 2 is 2.12 bits per heavy atom. The fourth-order valence-electron chi connectivity index (χ4n) is 2.93. The van der Waals surface area contributed by atoms with Gasteiger partial charge in [0.1, 0.15) is 17.7 Å². The topological polar surface area (TPSA) is 58.6 Å². The molecule has 2 aromatic rings. The molecule has 0 spiro atoms. The highest BCUT2D eigenvalue weighted by molar-refractivity contribution is 7.17. The molecule has 0 radical (unpaired) electrons. The molecule has 1 aliphatic rings. The van der Waals surface area contributed by atoms with E-state index in [0.29, 0.717) is 35.7 Å². The van der Waals surface area contributed by atoms with Crippen molar-refractivity contribution < 1.29 is 18.7 Å². The van der Waals surface area contributed by atoms with Crippen LogP contribution in [0.4, 0.5) is 4.39 Å². The molecule has 1 unspecified atom stereocenters. The molecule has 1 N–H and O–H groups in total. The van der Waals surface area contributed by atoms with E-state index in [1.807, 2.05) is 20.2 Å². The Kier molecular flexibility index (Phi) is 5.38. The maximum absolute atomic E-state index is 14.1. The molecule has 3 rings (SSSR count). The normalized spacial score (nSPS) is 15.7. The van der Waals surface area contributed by atoms with Gasteiger partial charge in [0.2, 0.25) is 5.91 Å². The number of ether oxygens (including phenoxy) is 1. The van der Waals surface area contributed by atoms with Crippen molar-refractivity contribution in [3.05, 3.63) is 40.5 Å². The van der Waals surface area contributed by atoms with Crippen molar-refractivity contribution in [2.45, 2.75) is 19.4 Å². The molecule has 5 nitrogen and oxygen atoms in total. The summed E-state index contributed by atoms with van der Waals surface area (Å²) in [6.07, 6.45) is 0.303. The molecule has 1 amide bonds. The second-order valence-electron chi connectivity index (χ2n) is 6.65. The number of rotatable bonds is 6. The zero-order valence-corrected chi connectivity index (χ0v) is 15.8. The SMILES string of the molecule is CC(=O)c1ccc(-c2cc(F)cc3c2OC(CNC(=O)CN(C)C)C3)s1. The zero-order chi connectivity index (χ0) is 18.8. The van der Waals surface area contributed by atoms with Crippen molar-refractivity contribution in [1.29, 1.82) is 0 Å². The van der Waals surface area contributed by atoms with Crippen LogP contribution in [0.1, 0.15) is 22.2 Å². The lowest BCUT2D eigenvalue weighted by molar-refractivity contribution is -0.122. The standard InChI is InChI=1S/C19H21FN2O3S/c1-11(23)16-4-5-17(26-16)15-8-13(20)6-12-7-14(25-19(12)15)9-21-18(24)10-22(2)3/h4-6,8,14H,7,9-10H2,1-3H3,(H,21,24). The van der Waals surface area contributed by atoms with Gasteiger partial charge in [-0.15, -0.1) is 11.3 Å². The monoisotopic (exact) mass is 376 g/mol. The number of thiophene rings is 1. The van der Waals surface area contributed by atoms with Crippen molar-refractivity contribution in [1.82, 2.24) is 10.2 Å². The Labute approximate surface area is 155 Å². The lowest BCUT2D eigenvalue weighted by Crippen LogP contribution is -2.39. The maximum Gasteiger partial charge on any atom is 0.234 e. The average molecular weight is 376 g/mol. The smallest absolute Gasteiger partial charge is 0.234 e. The summed E-state index contributed by atoms with van der Waals surface area (Å²) in [6.45, 7) is 2.18. The number of hydrogen-bond acceptors (Lipinski definition) is 5. The van der Waals surface area contributed by atoms with Crippen LogP contribution in [0.15, 0.2) is 24.3 Å². The molecule has 0 aliphatic carbocycles. The van der Waals surface area contributed by atoms with Crippen molar-refractivity contribution in [3.8, 4) is 16.2 Å². The molecule has 0 saturated heterocycles. The molecule has 0 fully saturated rings. The summed E-state index contributed by atoms with van der Waals surface area (Å²) in [4.78, 5) is 26.5. The molecule has 1 aromatic heterocycles. The van der Waals surface area contributed by atoms with Gasteiger partial charge >= 0.3 is 0 Å². The van der Waals surface area contributed by atoms with Gasteiger partial charge in [0.05, 0.1) is 18.0 Å². The second kappa shape index (κ2) is 7.55. The number of carbonyl (C=O) groups excluding carboxylic acids is 2. The molecule has 1 atom stereocenters. The third-order valence-electron chi connectivity index (χ3n) is 4.07. The van der Waals surface area contributed by atoms with Gasteiger partial charge < -0.3 is 15.0 Å². The number of carbonyl (C=O) groups is 2. The van der Waals surface area contributed by atoms with Crippen molar-refractivity contribution in [3.63, 3.8) is 0 Å². The summed E-state index contributed by atoms with van der Waals surface area (Å²) in [5, 5.41) is 2.84. The Morgan fingerprint density at radius 3 is 2.77 bits per heavy atom. The van der Waals surface area contributed by atoms with E-state index in [-0.39, 0.29) is 23.6 Å². The number of Topliss-reactive ketones (excluding diaryl/α,β-unsaturated/α-hetero) is 1. The molecule has 26 heavy (non-hydrogen) atoms. The van der Waals surface area contributed by atoms with Crippen molar-refractivity contribution in [2.24, 2.45) is 0 Å². The average Bonchev–Trinajstić information content (AvgIpc) is 3.18. The Hall–Kier alpha value is -2.25. The van der Waals surface area contributed by atoms with Gasteiger partial charge in [0.15, 0.2) is 5.78 Å². The fourth-order valence-corrected chi connectivity index (χ4v) is 3.85. The number of nitrogens with one attached hydrogen (secondary N) is 1. The van der Waals surface area contributed by atoms with Gasteiger partial charge in [-0.05, 0) is 45.3 Å². The number of fused-ring (bicyclic) bond motifs is 1. The lowest BCUT2D eigenvalue weighted by atomic mass is 10.0. The zero-order valence-electron chi connectivity index (χ0n) is 15.0.